The van der Waals surface area contributed by atoms with Gasteiger partial charge in [0.05, 0.1) is 54.8 Å². The lowest BCUT2D eigenvalue weighted by molar-refractivity contribution is 0.0816. The maximum Gasteiger partial charge on any atom is 0.272 e. The maximum atomic E-state index is 15.0. The van der Waals surface area contributed by atoms with Crippen molar-refractivity contribution in [2.45, 2.75) is 5.24 Å². The molecule has 1 aromatic carbocycles. The van der Waals surface area contributed by atoms with Crippen LogP contribution in [0.1, 0.15) is 21.0 Å². The van der Waals surface area contributed by atoms with Crippen molar-refractivity contribution in [2.24, 2.45) is 7.05 Å². The molecule has 43 heavy (non-hydrogen) atoms. The van der Waals surface area contributed by atoms with E-state index in [-0.39, 0.29) is 57.3 Å². The fraction of sp³-hybridized carbons (Fsp3) is 0.240. The van der Waals surface area contributed by atoms with E-state index >= 15 is 4.39 Å². The molecule has 18 heteroatoms. The second kappa shape index (κ2) is 12.4. The Balaban J connectivity index is 1.79. The Morgan fingerprint density at radius 3 is 2.26 bits per heavy atom. The van der Waals surface area contributed by atoms with E-state index in [1.165, 1.54) is 42.0 Å². The van der Waals surface area contributed by atoms with Crippen LogP contribution in [-0.4, -0.2) is 104 Å². The number of carbonyl (C=O) groups is 2. The molecule has 4 rings (SSSR count). The number of aromatic nitrogens is 6. The molecule has 0 aliphatic carbocycles. The summed E-state index contributed by atoms with van der Waals surface area (Å²) in [7, 11) is 24.3. The van der Waals surface area contributed by atoms with Crippen molar-refractivity contribution in [1.82, 2.24) is 40.4 Å². The van der Waals surface area contributed by atoms with Crippen LogP contribution in [0.4, 0.5) is 27.4 Å². The number of nitrogens with zero attached hydrogens (tertiary/aromatic N) is 7. The molecule has 2 amide bonds. The first kappa shape index (κ1) is 30.8. The van der Waals surface area contributed by atoms with Crippen molar-refractivity contribution in [1.29, 1.82) is 0 Å². The van der Waals surface area contributed by atoms with Crippen LogP contribution >= 0.6 is 0 Å². The molecular weight excluding hydrogens is 556 g/mol. The molecule has 14 nitrogen and oxygen atoms in total. The molecule has 0 saturated heterocycles. The second-order valence-electron chi connectivity index (χ2n) is 9.36. The minimum absolute atomic E-state index is 0.0278. The maximum absolute atomic E-state index is 15.0. The number of carbonyl (C=O) groups excluding carboxylic acids is 2. The average Bonchev–Trinajstić information content (AvgIpc) is 3.33. The van der Waals surface area contributed by atoms with Crippen molar-refractivity contribution in [2.75, 3.05) is 38.9 Å². The van der Waals surface area contributed by atoms with E-state index in [2.05, 4.69) is 41.4 Å². The summed E-state index contributed by atoms with van der Waals surface area (Å²) in [6.45, 7) is 0. The SMILES string of the molecule is [B]C([B])([B])NC(=O)c1nnc(Nc2ccc(OC)nn2)cc1Nc1cc(F)cc(-c2cc(C(=O)N(C)C)n(C)n2)c1OC. The van der Waals surface area contributed by atoms with Gasteiger partial charge in [-0.3, -0.25) is 14.3 Å². The predicted molar refractivity (Wildman–Crippen MR) is 158 cm³/mol. The highest BCUT2D eigenvalue weighted by Crippen LogP contribution is 2.39. The highest BCUT2D eigenvalue weighted by atomic mass is 19.1. The third kappa shape index (κ3) is 7.20. The molecule has 3 N–H and O–H groups in total. The molecule has 6 radical (unpaired) electrons. The Morgan fingerprint density at radius 1 is 0.930 bits per heavy atom. The smallest absolute Gasteiger partial charge is 0.272 e. The van der Waals surface area contributed by atoms with Crippen LogP contribution in [0.15, 0.2) is 36.4 Å². The van der Waals surface area contributed by atoms with Gasteiger partial charge in [-0.15, -0.1) is 20.4 Å². The first-order valence-corrected chi connectivity index (χ1v) is 12.4. The fourth-order valence-corrected chi connectivity index (χ4v) is 3.87. The quantitative estimate of drug-likeness (QED) is 0.228. The van der Waals surface area contributed by atoms with Gasteiger partial charge in [-0.25, -0.2) is 4.39 Å². The Kier molecular flexibility index (Phi) is 8.87. The number of anilines is 4. The zero-order valence-electron chi connectivity index (χ0n) is 23.8. The minimum Gasteiger partial charge on any atom is -0.494 e. The number of benzene rings is 1. The van der Waals surface area contributed by atoms with Crippen LogP contribution in [0.2, 0.25) is 0 Å². The predicted octanol–water partition coefficient (Wildman–Crippen LogP) is 0.859. The van der Waals surface area contributed by atoms with Gasteiger partial charge in [-0.2, -0.15) is 5.10 Å². The number of nitrogens with one attached hydrogen (secondary N) is 3. The zero-order chi connectivity index (χ0) is 31.5. The molecule has 0 spiro atoms. The Labute approximate surface area is 250 Å². The van der Waals surface area contributed by atoms with Crippen LogP contribution in [0.5, 0.6) is 11.6 Å². The summed E-state index contributed by atoms with van der Waals surface area (Å²) < 4.78 is 27.1. The van der Waals surface area contributed by atoms with Crippen molar-refractivity contribution in [3.63, 3.8) is 0 Å². The van der Waals surface area contributed by atoms with Gasteiger partial charge in [0.1, 0.15) is 11.5 Å². The molecule has 4 aromatic rings. The number of hydrogen-bond donors (Lipinski definition) is 3. The molecule has 0 aliphatic rings. The summed E-state index contributed by atoms with van der Waals surface area (Å²) in [5.41, 5.74) is 0.576. The largest absolute Gasteiger partial charge is 0.494 e. The molecule has 0 unspecified atom stereocenters. The van der Waals surface area contributed by atoms with E-state index in [0.717, 1.165) is 6.07 Å². The van der Waals surface area contributed by atoms with Crippen molar-refractivity contribution in [3.05, 3.63) is 53.6 Å². The first-order valence-electron chi connectivity index (χ1n) is 12.4. The molecule has 0 fully saturated rings. The number of rotatable bonds is 10. The zero-order valence-corrected chi connectivity index (χ0v) is 23.8. The lowest BCUT2D eigenvalue weighted by Crippen LogP contribution is -2.50. The van der Waals surface area contributed by atoms with Gasteiger partial charge in [0.25, 0.3) is 11.8 Å². The minimum atomic E-state index is -2.07. The molecule has 0 aliphatic heterocycles. The van der Waals surface area contributed by atoms with Gasteiger partial charge in [0.2, 0.25) is 5.88 Å². The average molecular weight is 580 g/mol. The van der Waals surface area contributed by atoms with E-state index in [1.54, 1.807) is 33.3 Å². The summed E-state index contributed by atoms with van der Waals surface area (Å²) in [4.78, 5) is 27.0. The Morgan fingerprint density at radius 2 is 1.65 bits per heavy atom. The standard InChI is InChI=1S/C25H24B3FN10O4/c1-38(2)24(41)17-10-14(37-39(17)3)13-8-12(29)9-16(22(13)43-5)30-15-11-19(31-18-6-7-20(42-4)35-33-18)34-36-21(15)23(40)32-25(26,27)28/h6-11H,1-5H3,(H,32,40)(H2,30,31,33,34). The summed E-state index contributed by atoms with van der Waals surface area (Å²) in [5.74, 6) is -1.00. The summed E-state index contributed by atoms with van der Waals surface area (Å²) in [5, 5.41) is 26.2. The normalized spacial score (nSPS) is 11.0. The van der Waals surface area contributed by atoms with E-state index in [1.807, 2.05) is 0 Å². The Bertz CT molecular complexity index is 1660. The van der Waals surface area contributed by atoms with Gasteiger partial charge in [0.15, 0.2) is 23.1 Å². The van der Waals surface area contributed by atoms with Crippen LogP contribution in [-0.2, 0) is 7.05 Å². The summed E-state index contributed by atoms with van der Waals surface area (Å²) in [6, 6.07) is 8.41. The van der Waals surface area contributed by atoms with Crippen molar-refractivity contribution in [3.8, 4) is 22.9 Å². The second-order valence-corrected chi connectivity index (χ2v) is 9.36. The number of halogens is 1. The van der Waals surface area contributed by atoms with Crippen LogP contribution in [0.3, 0.4) is 0 Å². The number of ether oxygens (including phenoxy) is 2. The number of aryl methyl sites for hydroxylation is 1. The molecule has 0 saturated carbocycles. The molecule has 214 valence electrons. The number of methoxy groups -OCH3 is 2. The van der Waals surface area contributed by atoms with Gasteiger partial charge in [-0.05, 0) is 18.2 Å². The number of amides is 2. The van der Waals surface area contributed by atoms with Crippen molar-refractivity contribution < 1.29 is 23.5 Å². The topological polar surface area (TPSA) is 161 Å². The molecule has 0 bridgehead atoms. The molecular formula is C25H24B3FN10O4. The Hall–Kier alpha value is -5.15. The molecule has 3 heterocycles. The van der Waals surface area contributed by atoms with E-state index in [4.69, 9.17) is 33.0 Å². The van der Waals surface area contributed by atoms with E-state index in [0.29, 0.717) is 5.88 Å². The molecule has 0 atom stereocenters. The summed E-state index contributed by atoms with van der Waals surface area (Å²) >= 11 is 0. The summed E-state index contributed by atoms with van der Waals surface area (Å²) in [6.07, 6.45) is 0. The highest BCUT2D eigenvalue weighted by Gasteiger charge is 2.24. The van der Waals surface area contributed by atoms with Gasteiger partial charge < -0.3 is 30.3 Å². The fourth-order valence-electron chi connectivity index (χ4n) is 3.87. The van der Waals surface area contributed by atoms with E-state index < -0.39 is 17.0 Å². The third-order valence-electron chi connectivity index (χ3n) is 5.75. The lowest BCUT2D eigenvalue weighted by atomic mass is 9.49. The van der Waals surface area contributed by atoms with Gasteiger partial charge >= 0.3 is 0 Å². The first-order chi connectivity index (χ1) is 20.3. The van der Waals surface area contributed by atoms with E-state index in [9.17, 15) is 9.59 Å². The lowest BCUT2D eigenvalue weighted by Gasteiger charge is -2.23. The highest BCUT2D eigenvalue weighted by molar-refractivity contribution is 6.60. The van der Waals surface area contributed by atoms with Gasteiger partial charge in [-0.1, -0.05) is 5.24 Å². The van der Waals surface area contributed by atoms with Crippen LogP contribution in [0, 0.1) is 5.82 Å². The number of hydrogen-bond acceptors (Lipinski definition) is 11. The monoisotopic (exact) mass is 580 g/mol. The third-order valence-corrected chi connectivity index (χ3v) is 5.75. The van der Waals surface area contributed by atoms with Crippen LogP contribution < -0.4 is 25.4 Å². The molecule has 3 aromatic heterocycles. The van der Waals surface area contributed by atoms with Crippen LogP contribution in [0.25, 0.3) is 11.3 Å². The van der Waals surface area contributed by atoms with Gasteiger partial charge in [0, 0.05) is 44.9 Å². The van der Waals surface area contributed by atoms with Crippen molar-refractivity contribution >= 4 is 58.4 Å².